The van der Waals surface area contributed by atoms with E-state index in [1.165, 1.54) is 18.3 Å². The van der Waals surface area contributed by atoms with Crippen molar-refractivity contribution in [3.63, 3.8) is 0 Å². The molecule has 1 aromatic rings. The van der Waals surface area contributed by atoms with Gasteiger partial charge >= 0.3 is 5.69 Å². The van der Waals surface area contributed by atoms with Gasteiger partial charge in [-0.25, -0.2) is 4.98 Å². The summed E-state index contributed by atoms with van der Waals surface area (Å²) in [6.45, 7) is 0.375. The number of aromatic nitrogens is 1. The Kier molecular flexibility index (Phi) is 2.97. The lowest BCUT2D eigenvalue weighted by Crippen LogP contribution is -2.30. The van der Waals surface area contributed by atoms with Crippen molar-refractivity contribution in [2.75, 3.05) is 13.2 Å². The Morgan fingerprint density at radius 2 is 2.44 bits per heavy atom. The van der Waals surface area contributed by atoms with E-state index in [9.17, 15) is 15.2 Å². The van der Waals surface area contributed by atoms with Crippen LogP contribution in [-0.2, 0) is 4.74 Å². The molecular weight excluding hydrogens is 216 g/mol. The van der Waals surface area contributed by atoms with E-state index < -0.39 is 17.1 Å². The van der Waals surface area contributed by atoms with Crippen LogP contribution in [0.15, 0.2) is 18.3 Å². The summed E-state index contributed by atoms with van der Waals surface area (Å²) in [5, 5.41) is 20.1. The molecular formula is C9H10N2O5. The number of hydrogen-bond donors (Lipinski definition) is 1. The fraction of sp³-hybridized carbons (Fsp3) is 0.444. The third kappa shape index (κ3) is 2.10. The summed E-state index contributed by atoms with van der Waals surface area (Å²) in [5.41, 5.74) is -0.221. The SMILES string of the molecule is O=[N+]([O-])c1cccnc1OC1COCC1O. The molecule has 2 heterocycles. The first-order chi connectivity index (χ1) is 7.68. The Hall–Kier alpha value is -1.73. The molecule has 2 unspecified atom stereocenters. The van der Waals surface area contributed by atoms with Crippen molar-refractivity contribution in [1.82, 2.24) is 4.98 Å². The monoisotopic (exact) mass is 226 g/mol. The third-order valence-electron chi connectivity index (χ3n) is 2.21. The predicted molar refractivity (Wildman–Crippen MR) is 52.1 cm³/mol. The second-order valence-corrected chi connectivity index (χ2v) is 3.35. The second kappa shape index (κ2) is 4.42. The molecule has 0 spiro atoms. The second-order valence-electron chi connectivity index (χ2n) is 3.35. The van der Waals surface area contributed by atoms with Gasteiger partial charge in [-0.2, -0.15) is 0 Å². The molecule has 0 aliphatic carbocycles. The van der Waals surface area contributed by atoms with E-state index in [0.717, 1.165) is 0 Å². The molecule has 1 saturated heterocycles. The highest BCUT2D eigenvalue weighted by Crippen LogP contribution is 2.25. The average Bonchev–Trinajstić information content (AvgIpc) is 2.65. The van der Waals surface area contributed by atoms with Crippen LogP contribution < -0.4 is 4.74 Å². The Morgan fingerprint density at radius 1 is 1.62 bits per heavy atom. The van der Waals surface area contributed by atoms with Gasteiger partial charge in [0, 0.05) is 12.3 Å². The van der Waals surface area contributed by atoms with Crippen LogP contribution in [0.4, 0.5) is 5.69 Å². The van der Waals surface area contributed by atoms with Crippen molar-refractivity contribution in [2.24, 2.45) is 0 Å². The first kappa shape index (κ1) is 10.8. The summed E-state index contributed by atoms with van der Waals surface area (Å²) >= 11 is 0. The zero-order valence-corrected chi connectivity index (χ0v) is 8.28. The highest BCUT2D eigenvalue weighted by atomic mass is 16.6. The minimum Gasteiger partial charge on any atom is -0.464 e. The summed E-state index contributed by atoms with van der Waals surface area (Å²) in [7, 11) is 0. The highest BCUT2D eigenvalue weighted by Gasteiger charge is 2.30. The maximum absolute atomic E-state index is 10.7. The van der Waals surface area contributed by atoms with Crippen molar-refractivity contribution in [3.05, 3.63) is 28.4 Å². The van der Waals surface area contributed by atoms with Gasteiger partial charge in [0.05, 0.1) is 18.1 Å². The quantitative estimate of drug-likeness (QED) is 0.581. The molecule has 1 aromatic heterocycles. The number of rotatable bonds is 3. The molecule has 2 rings (SSSR count). The molecule has 1 N–H and O–H groups in total. The van der Waals surface area contributed by atoms with Gasteiger partial charge in [0.15, 0.2) is 6.10 Å². The van der Waals surface area contributed by atoms with Gasteiger partial charge in [0.2, 0.25) is 0 Å². The van der Waals surface area contributed by atoms with E-state index in [1.54, 1.807) is 0 Å². The number of ether oxygens (including phenoxy) is 2. The Labute approximate surface area is 90.8 Å². The topological polar surface area (TPSA) is 94.7 Å². The van der Waals surface area contributed by atoms with Gasteiger partial charge in [-0.15, -0.1) is 0 Å². The van der Waals surface area contributed by atoms with Gasteiger partial charge in [0.25, 0.3) is 5.88 Å². The van der Waals surface area contributed by atoms with Crippen LogP contribution in [0.5, 0.6) is 5.88 Å². The first-order valence-electron chi connectivity index (χ1n) is 4.70. The van der Waals surface area contributed by atoms with Crippen molar-refractivity contribution in [1.29, 1.82) is 0 Å². The van der Waals surface area contributed by atoms with Crippen LogP contribution in [0.25, 0.3) is 0 Å². The third-order valence-corrected chi connectivity index (χ3v) is 2.21. The fourth-order valence-corrected chi connectivity index (χ4v) is 1.39. The number of aliphatic hydroxyl groups is 1. The van der Waals surface area contributed by atoms with Crippen LogP contribution in [-0.4, -0.2) is 40.4 Å². The minimum atomic E-state index is -0.776. The molecule has 1 fully saturated rings. The highest BCUT2D eigenvalue weighted by molar-refractivity contribution is 5.39. The fourth-order valence-electron chi connectivity index (χ4n) is 1.39. The summed E-state index contributed by atoms with van der Waals surface area (Å²) in [4.78, 5) is 13.9. The summed E-state index contributed by atoms with van der Waals surface area (Å²) in [6.07, 6.45) is 0.0139. The number of hydrogen-bond acceptors (Lipinski definition) is 6. The molecule has 0 amide bonds. The van der Waals surface area contributed by atoms with Crippen LogP contribution in [0, 0.1) is 10.1 Å². The number of aliphatic hydroxyl groups excluding tert-OH is 1. The number of nitrogens with zero attached hydrogens (tertiary/aromatic N) is 2. The molecule has 0 radical (unpaired) electrons. The Morgan fingerprint density at radius 3 is 3.06 bits per heavy atom. The molecule has 7 nitrogen and oxygen atoms in total. The normalized spacial score (nSPS) is 24.3. The van der Waals surface area contributed by atoms with E-state index >= 15 is 0 Å². The van der Waals surface area contributed by atoms with Crippen molar-refractivity contribution < 1.29 is 19.5 Å². The molecule has 1 aliphatic rings. The zero-order chi connectivity index (χ0) is 11.5. The Bertz CT molecular complexity index is 397. The van der Waals surface area contributed by atoms with E-state index in [1.807, 2.05) is 0 Å². The lowest BCUT2D eigenvalue weighted by Gasteiger charge is -2.13. The van der Waals surface area contributed by atoms with E-state index in [4.69, 9.17) is 9.47 Å². The van der Waals surface area contributed by atoms with Crippen molar-refractivity contribution in [2.45, 2.75) is 12.2 Å². The summed E-state index contributed by atoms with van der Waals surface area (Å²) in [6, 6.07) is 2.75. The van der Waals surface area contributed by atoms with Gasteiger partial charge in [0.1, 0.15) is 6.10 Å². The molecule has 86 valence electrons. The molecule has 0 aromatic carbocycles. The van der Waals surface area contributed by atoms with E-state index in [-0.39, 0.29) is 24.8 Å². The average molecular weight is 226 g/mol. The van der Waals surface area contributed by atoms with E-state index in [2.05, 4.69) is 4.98 Å². The van der Waals surface area contributed by atoms with Gasteiger partial charge < -0.3 is 14.6 Å². The lowest BCUT2D eigenvalue weighted by molar-refractivity contribution is -0.386. The first-order valence-corrected chi connectivity index (χ1v) is 4.70. The maximum atomic E-state index is 10.7. The summed E-state index contributed by atoms with van der Waals surface area (Å²) in [5.74, 6) is -0.0953. The van der Waals surface area contributed by atoms with Crippen LogP contribution >= 0.6 is 0 Å². The van der Waals surface area contributed by atoms with Crippen molar-refractivity contribution >= 4 is 5.69 Å². The van der Waals surface area contributed by atoms with Crippen LogP contribution in [0.1, 0.15) is 0 Å². The number of pyridine rings is 1. The molecule has 1 aliphatic heterocycles. The van der Waals surface area contributed by atoms with Crippen LogP contribution in [0.3, 0.4) is 0 Å². The number of nitro groups is 1. The Balaban J connectivity index is 2.17. The molecule has 7 heteroatoms. The lowest BCUT2D eigenvalue weighted by atomic mass is 10.2. The minimum absolute atomic E-state index is 0.0953. The zero-order valence-electron chi connectivity index (χ0n) is 8.28. The summed E-state index contributed by atoms with van der Waals surface area (Å²) < 4.78 is 10.2. The van der Waals surface area contributed by atoms with Gasteiger partial charge in [-0.05, 0) is 6.07 Å². The smallest absolute Gasteiger partial charge is 0.330 e. The van der Waals surface area contributed by atoms with Crippen molar-refractivity contribution in [3.8, 4) is 5.88 Å². The largest absolute Gasteiger partial charge is 0.464 e. The van der Waals surface area contributed by atoms with Crippen LogP contribution in [0.2, 0.25) is 0 Å². The van der Waals surface area contributed by atoms with Gasteiger partial charge in [-0.1, -0.05) is 0 Å². The van der Waals surface area contributed by atoms with E-state index in [0.29, 0.717) is 0 Å². The molecule has 16 heavy (non-hydrogen) atoms. The molecule has 2 atom stereocenters. The predicted octanol–water partition coefficient (Wildman–Crippen LogP) is 0.128. The maximum Gasteiger partial charge on any atom is 0.330 e. The molecule has 0 bridgehead atoms. The molecule has 0 saturated carbocycles. The standard InChI is InChI=1S/C9H10N2O5/c12-7-4-15-5-8(7)16-9-6(11(13)14)2-1-3-10-9/h1-3,7-8,12H,4-5H2. The van der Waals surface area contributed by atoms with Gasteiger partial charge in [-0.3, -0.25) is 10.1 Å².